The van der Waals surface area contributed by atoms with Gasteiger partial charge in [-0.1, -0.05) is 0 Å². The fourth-order valence-corrected chi connectivity index (χ4v) is 0. The van der Waals surface area contributed by atoms with Crippen molar-refractivity contribution in [3.8, 4) is 0 Å². The number of hydrogen-bond donors (Lipinski definition) is 0. The van der Waals surface area contributed by atoms with Crippen molar-refractivity contribution < 1.29 is 0 Å². The van der Waals surface area contributed by atoms with E-state index in [1.807, 2.05) is 0 Å². The van der Waals surface area contributed by atoms with E-state index in [9.17, 15) is 0 Å². The standard InChI is InChI=1S/2ClH.2Sn.4H/h2*1H;;;;;;. The fraction of sp³-hybridized carbons (Fsp3) is 0. The van der Waals surface area contributed by atoms with E-state index in [1.54, 1.807) is 0 Å². The monoisotopic (exact) mass is 316 g/mol. The van der Waals surface area contributed by atoms with E-state index in [2.05, 4.69) is 0 Å². The zero-order chi connectivity index (χ0) is 0. The molecule has 0 bridgehead atoms. The average molecular weight is 314 g/mol. The molecule has 0 aromatic rings. The van der Waals surface area contributed by atoms with Crippen LogP contribution in [-0.4, -0.2) is 47.8 Å². The Bertz CT molecular complexity index is 4.00. The zero-order valence-corrected chi connectivity index (χ0v) is 11.9. The molecule has 0 saturated carbocycles. The van der Waals surface area contributed by atoms with Crippen molar-refractivity contribution in [2.24, 2.45) is 0 Å². The molecule has 0 heterocycles. The molecular weight excluding hydrogens is 308 g/mol. The number of hydrogen-bond acceptors (Lipinski definition) is 0. The topological polar surface area (TPSA) is 0 Å². The van der Waals surface area contributed by atoms with Crippen LogP contribution in [-0.2, 0) is 0 Å². The van der Waals surface area contributed by atoms with Gasteiger partial charge in [-0.3, -0.25) is 0 Å². The summed E-state index contributed by atoms with van der Waals surface area (Å²) in [6.45, 7) is 0. The van der Waals surface area contributed by atoms with E-state index in [0.29, 0.717) is 0 Å². The minimum absolute atomic E-state index is 0. The third-order valence-electron chi connectivity index (χ3n) is 0. The first-order chi connectivity index (χ1) is 0. The second-order valence-electron chi connectivity index (χ2n) is 0. The van der Waals surface area contributed by atoms with Crippen molar-refractivity contribution >= 4 is 72.6 Å². The van der Waals surface area contributed by atoms with Crippen molar-refractivity contribution in [2.75, 3.05) is 0 Å². The molecule has 0 atom stereocenters. The Kier molecular flexibility index (Phi) is 166. The van der Waals surface area contributed by atoms with E-state index in [-0.39, 0.29) is 72.6 Å². The van der Waals surface area contributed by atoms with Crippen molar-refractivity contribution in [1.82, 2.24) is 0 Å². The quantitative estimate of drug-likeness (QED) is 0.504. The van der Waals surface area contributed by atoms with Gasteiger partial charge in [0.25, 0.3) is 0 Å². The summed E-state index contributed by atoms with van der Waals surface area (Å²) in [6.07, 6.45) is 0. The Labute approximate surface area is 71.8 Å². The summed E-state index contributed by atoms with van der Waals surface area (Å²) in [5.41, 5.74) is 0. The summed E-state index contributed by atoms with van der Waals surface area (Å²) in [6, 6.07) is 0. The van der Waals surface area contributed by atoms with Gasteiger partial charge in [-0.2, -0.15) is 0 Å². The van der Waals surface area contributed by atoms with Gasteiger partial charge in [0.05, 0.1) is 0 Å². The van der Waals surface area contributed by atoms with Crippen LogP contribution in [0.5, 0.6) is 0 Å². The van der Waals surface area contributed by atoms with E-state index in [0.717, 1.165) is 0 Å². The van der Waals surface area contributed by atoms with Gasteiger partial charge < -0.3 is 0 Å². The third-order valence-corrected chi connectivity index (χ3v) is 0. The van der Waals surface area contributed by atoms with Gasteiger partial charge in [0.1, 0.15) is 0 Å². The van der Waals surface area contributed by atoms with Crippen LogP contribution in [0.4, 0.5) is 0 Å². The number of rotatable bonds is 0. The summed E-state index contributed by atoms with van der Waals surface area (Å²) >= 11 is 0. The third kappa shape index (κ3) is 8.90. The van der Waals surface area contributed by atoms with Crippen molar-refractivity contribution in [3.63, 3.8) is 0 Å². The van der Waals surface area contributed by atoms with Gasteiger partial charge in [-0.25, -0.2) is 0 Å². The molecule has 0 spiro atoms. The molecule has 0 rings (SSSR count). The van der Waals surface area contributed by atoms with Crippen LogP contribution >= 0.6 is 24.8 Å². The predicted octanol–water partition coefficient (Wildman–Crippen LogP) is -0.989. The molecule has 0 aliphatic rings. The Morgan fingerprint density at radius 1 is 0.500 bits per heavy atom. The summed E-state index contributed by atoms with van der Waals surface area (Å²) < 4.78 is 0. The van der Waals surface area contributed by atoms with Crippen molar-refractivity contribution in [3.05, 3.63) is 0 Å². The van der Waals surface area contributed by atoms with Gasteiger partial charge >= 0.3 is 47.8 Å². The molecule has 0 aromatic carbocycles. The molecular formula is H6Cl2Sn2. The molecule has 0 unspecified atom stereocenters. The molecule has 4 heteroatoms. The fourth-order valence-electron chi connectivity index (χ4n) is 0. The first-order valence-electron chi connectivity index (χ1n) is 0. The molecule has 0 aromatic heterocycles. The van der Waals surface area contributed by atoms with Crippen LogP contribution < -0.4 is 0 Å². The first kappa shape index (κ1) is 34.9. The van der Waals surface area contributed by atoms with Gasteiger partial charge in [-0.15, -0.1) is 24.8 Å². The summed E-state index contributed by atoms with van der Waals surface area (Å²) in [5, 5.41) is 0. The van der Waals surface area contributed by atoms with Crippen molar-refractivity contribution in [1.29, 1.82) is 0 Å². The van der Waals surface area contributed by atoms with Gasteiger partial charge in [0.2, 0.25) is 0 Å². The molecule has 0 nitrogen and oxygen atoms in total. The Morgan fingerprint density at radius 3 is 0.500 bits per heavy atom. The Balaban J connectivity index is 0. The molecule has 4 heavy (non-hydrogen) atoms. The van der Waals surface area contributed by atoms with Crippen molar-refractivity contribution in [2.45, 2.75) is 0 Å². The maximum absolute atomic E-state index is 0. The summed E-state index contributed by atoms with van der Waals surface area (Å²) in [4.78, 5) is 0. The summed E-state index contributed by atoms with van der Waals surface area (Å²) in [7, 11) is 0. The van der Waals surface area contributed by atoms with E-state index in [4.69, 9.17) is 0 Å². The van der Waals surface area contributed by atoms with Crippen LogP contribution in [0.2, 0.25) is 0 Å². The van der Waals surface area contributed by atoms with E-state index < -0.39 is 0 Å². The molecule has 0 amide bonds. The van der Waals surface area contributed by atoms with Crippen LogP contribution in [0, 0.1) is 0 Å². The molecule has 4 radical (unpaired) electrons. The van der Waals surface area contributed by atoms with E-state index in [1.165, 1.54) is 0 Å². The van der Waals surface area contributed by atoms with Gasteiger partial charge in [0, 0.05) is 0 Å². The van der Waals surface area contributed by atoms with E-state index >= 15 is 0 Å². The van der Waals surface area contributed by atoms with Crippen LogP contribution in [0.15, 0.2) is 0 Å². The normalized spacial score (nSPS) is 0. The van der Waals surface area contributed by atoms with Gasteiger partial charge in [-0.05, 0) is 0 Å². The molecule has 0 aliphatic carbocycles. The minimum atomic E-state index is 0. The van der Waals surface area contributed by atoms with Gasteiger partial charge in [0.15, 0.2) is 0 Å². The molecule has 0 N–H and O–H groups in total. The molecule has 0 saturated heterocycles. The molecule has 28 valence electrons. The van der Waals surface area contributed by atoms with Crippen LogP contribution in [0.1, 0.15) is 0 Å². The Morgan fingerprint density at radius 2 is 0.500 bits per heavy atom. The number of halogens is 2. The maximum atomic E-state index is 0. The second kappa shape index (κ2) is 19.1. The Hall–Kier alpha value is 2.18. The van der Waals surface area contributed by atoms with Crippen LogP contribution in [0.25, 0.3) is 0 Å². The predicted molar refractivity (Wildman–Crippen MR) is 31.6 cm³/mol. The second-order valence-corrected chi connectivity index (χ2v) is 0. The molecule has 0 aliphatic heterocycles. The SMILES string of the molecule is Cl.Cl.[SnH2].[SnH2]. The zero-order valence-electron chi connectivity index (χ0n) is 2.23. The molecule has 0 fully saturated rings. The summed E-state index contributed by atoms with van der Waals surface area (Å²) in [5.74, 6) is 0. The van der Waals surface area contributed by atoms with Crippen LogP contribution in [0.3, 0.4) is 0 Å². The first-order valence-corrected chi connectivity index (χ1v) is 0. The average Bonchev–Trinajstić information content (AvgIpc) is 0.